The van der Waals surface area contributed by atoms with E-state index in [4.69, 9.17) is 4.98 Å². The van der Waals surface area contributed by atoms with Gasteiger partial charge in [-0.2, -0.15) is 0 Å². The summed E-state index contributed by atoms with van der Waals surface area (Å²) >= 11 is 0. The third-order valence-corrected chi connectivity index (χ3v) is 5.27. The minimum atomic E-state index is 0.264. The molecule has 1 aromatic carbocycles. The number of carbonyl (C=O) groups is 1. The van der Waals surface area contributed by atoms with Crippen molar-refractivity contribution in [3.05, 3.63) is 60.0 Å². The number of rotatable bonds is 5. The summed E-state index contributed by atoms with van der Waals surface area (Å²) in [5, 5.41) is 0. The Morgan fingerprint density at radius 3 is 2.85 bits per heavy atom. The van der Waals surface area contributed by atoms with E-state index >= 15 is 0 Å². The second-order valence-corrected chi connectivity index (χ2v) is 7.04. The SMILES string of the molecule is Cn1c([C@H]2CCN(C(=O)CCCc3ccccc3)C2)nc2cccnc21. The van der Waals surface area contributed by atoms with E-state index in [1.165, 1.54) is 5.56 Å². The minimum Gasteiger partial charge on any atom is -0.342 e. The van der Waals surface area contributed by atoms with Crippen LogP contribution in [0.5, 0.6) is 0 Å². The topological polar surface area (TPSA) is 51.0 Å². The van der Waals surface area contributed by atoms with Gasteiger partial charge >= 0.3 is 0 Å². The molecule has 0 bridgehead atoms. The summed E-state index contributed by atoms with van der Waals surface area (Å²) in [6.07, 6.45) is 5.25. The Bertz CT molecular complexity index is 903. The highest BCUT2D eigenvalue weighted by Gasteiger charge is 2.30. The maximum atomic E-state index is 12.6. The average molecular weight is 348 g/mol. The molecular formula is C21H24N4O. The standard InChI is InChI=1S/C21H24N4O/c1-24-20(23-18-10-6-13-22-21(18)24)17-12-14-25(15-17)19(26)11-5-9-16-7-3-2-4-8-16/h2-4,6-8,10,13,17H,5,9,11-12,14-15H2,1H3/t17-/m0/s1. The molecule has 1 fully saturated rings. The fourth-order valence-corrected chi connectivity index (χ4v) is 3.85. The highest BCUT2D eigenvalue weighted by Crippen LogP contribution is 2.28. The smallest absolute Gasteiger partial charge is 0.222 e. The summed E-state index contributed by atoms with van der Waals surface area (Å²) in [7, 11) is 2.02. The maximum Gasteiger partial charge on any atom is 0.222 e. The first kappa shape index (κ1) is 16.8. The Labute approximate surface area is 153 Å². The first-order valence-electron chi connectivity index (χ1n) is 9.31. The number of hydrogen-bond donors (Lipinski definition) is 0. The van der Waals surface area contributed by atoms with Crippen molar-refractivity contribution in [3.63, 3.8) is 0 Å². The number of imidazole rings is 1. The van der Waals surface area contributed by atoms with E-state index in [-0.39, 0.29) is 5.91 Å². The summed E-state index contributed by atoms with van der Waals surface area (Å²) in [6, 6.07) is 14.3. The Hall–Kier alpha value is -2.69. The molecule has 0 spiro atoms. The van der Waals surface area contributed by atoms with E-state index in [0.717, 1.165) is 49.3 Å². The molecule has 134 valence electrons. The van der Waals surface area contributed by atoms with Crippen molar-refractivity contribution >= 4 is 17.1 Å². The van der Waals surface area contributed by atoms with Crippen LogP contribution in [0.1, 0.15) is 36.6 Å². The van der Waals surface area contributed by atoms with Crippen molar-refractivity contribution in [1.29, 1.82) is 0 Å². The normalized spacial score (nSPS) is 17.1. The van der Waals surface area contributed by atoms with Gasteiger partial charge in [0.25, 0.3) is 0 Å². The largest absolute Gasteiger partial charge is 0.342 e. The van der Waals surface area contributed by atoms with Crippen LogP contribution in [0.15, 0.2) is 48.7 Å². The summed E-state index contributed by atoms with van der Waals surface area (Å²) in [4.78, 5) is 23.7. The second kappa shape index (κ2) is 7.28. The van der Waals surface area contributed by atoms with E-state index < -0.39 is 0 Å². The number of benzene rings is 1. The molecule has 0 radical (unpaired) electrons. The van der Waals surface area contributed by atoms with Crippen LogP contribution in [-0.4, -0.2) is 38.4 Å². The molecule has 3 aromatic rings. The number of likely N-dealkylation sites (tertiary alicyclic amines) is 1. The van der Waals surface area contributed by atoms with Crippen molar-refractivity contribution in [2.75, 3.05) is 13.1 Å². The third kappa shape index (κ3) is 3.34. The molecule has 2 aromatic heterocycles. The fraction of sp³-hybridized carbons (Fsp3) is 0.381. The molecule has 5 heteroatoms. The van der Waals surface area contributed by atoms with Crippen molar-refractivity contribution in [2.45, 2.75) is 31.6 Å². The number of pyridine rings is 1. The van der Waals surface area contributed by atoms with Gasteiger partial charge in [-0.05, 0) is 37.0 Å². The van der Waals surface area contributed by atoms with Crippen LogP contribution in [0, 0.1) is 0 Å². The molecule has 0 saturated carbocycles. The zero-order valence-electron chi connectivity index (χ0n) is 15.1. The number of fused-ring (bicyclic) bond motifs is 1. The number of hydrogen-bond acceptors (Lipinski definition) is 3. The van der Waals surface area contributed by atoms with E-state index in [1.54, 1.807) is 6.20 Å². The number of carbonyl (C=O) groups excluding carboxylic acids is 1. The monoisotopic (exact) mass is 348 g/mol. The molecule has 1 aliphatic heterocycles. The highest BCUT2D eigenvalue weighted by molar-refractivity contribution is 5.76. The Kier molecular flexibility index (Phi) is 4.69. The average Bonchev–Trinajstić information content (AvgIpc) is 3.28. The first-order chi connectivity index (χ1) is 12.7. The molecule has 26 heavy (non-hydrogen) atoms. The quantitative estimate of drug-likeness (QED) is 0.711. The zero-order valence-corrected chi connectivity index (χ0v) is 15.1. The van der Waals surface area contributed by atoms with Gasteiger partial charge in [0.1, 0.15) is 11.3 Å². The van der Waals surface area contributed by atoms with Crippen LogP contribution in [0.2, 0.25) is 0 Å². The Morgan fingerprint density at radius 2 is 2.04 bits per heavy atom. The van der Waals surface area contributed by atoms with Crippen LogP contribution in [-0.2, 0) is 18.3 Å². The molecule has 0 N–H and O–H groups in total. The maximum absolute atomic E-state index is 12.6. The molecule has 3 heterocycles. The van der Waals surface area contributed by atoms with Gasteiger partial charge in [0.2, 0.25) is 5.91 Å². The van der Waals surface area contributed by atoms with E-state index in [1.807, 2.05) is 42.3 Å². The van der Waals surface area contributed by atoms with Crippen LogP contribution in [0.4, 0.5) is 0 Å². The summed E-state index contributed by atoms with van der Waals surface area (Å²) in [5.41, 5.74) is 3.14. The van der Waals surface area contributed by atoms with E-state index in [2.05, 4.69) is 21.7 Å². The lowest BCUT2D eigenvalue weighted by Crippen LogP contribution is -2.28. The number of aromatic nitrogens is 3. The fourth-order valence-electron chi connectivity index (χ4n) is 3.85. The zero-order chi connectivity index (χ0) is 17.9. The van der Waals surface area contributed by atoms with Crippen molar-refractivity contribution in [3.8, 4) is 0 Å². The number of nitrogens with zero attached hydrogens (tertiary/aromatic N) is 4. The number of aryl methyl sites for hydroxylation is 2. The molecule has 1 saturated heterocycles. The predicted molar refractivity (Wildman–Crippen MR) is 102 cm³/mol. The van der Waals surface area contributed by atoms with Gasteiger partial charge in [0.05, 0.1) is 0 Å². The number of amides is 1. The molecule has 1 atom stereocenters. The molecule has 1 aliphatic rings. The lowest BCUT2D eigenvalue weighted by atomic mass is 10.1. The molecule has 4 rings (SSSR count). The molecule has 0 unspecified atom stereocenters. The predicted octanol–water partition coefficient (Wildman–Crippen LogP) is 3.31. The van der Waals surface area contributed by atoms with Gasteiger partial charge in [-0.1, -0.05) is 30.3 Å². The first-order valence-corrected chi connectivity index (χ1v) is 9.31. The van der Waals surface area contributed by atoms with Gasteiger partial charge in [0.15, 0.2) is 5.65 Å². The van der Waals surface area contributed by atoms with Gasteiger partial charge in [-0.3, -0.25) is 4.79 Å². The lowest BCUT2D eigenvalue weighted by molar-refractivity contribution is -0.130. The van der Waals surface area contributed by atoms with Crippen LogP contribution >= 0.6 is 0 Å². The van der Waals surface area contributed by atoms with Gasteiger partial charge < -0.3 is 9.47 Å². The lowest BCUT2D eigenvalue weighted by Gasteiger charge is -2.16. The summed E-state index contributed by atoms with van der Waals surface area (Å²) < 4.78 is 2.07. The second-order valence-electron chi connectivity index (χ2n) is 7.04. The highest BCUT2D eigenvalue weighted by atomic mass is 16.2. The van der Waals surface area contributed by atoms with E-state index in [9.17, 15) is 4.79 Å². The third-order valence-electron chi connectivity index (χ3n) is 5.27. The van der Waals surface area contributed by atoms with Crippen LogP contribution in [0.3, 0.4) is 0 Å². The summed E-state index contributed by atoms with van der Waals surface area (Å²) in [5.74, 6) is 1.60. The van der Waals surface area contributed by atoms with Crippen LogP contribution < -0.4 is 0 Å². The van der Waals surface area contributed by atoms with Gasteiger partial charge in [-0.25, -0.2) is 9.97 Å². The van der Waals surface area contributed by atoms with Crippen molar-refractivity contribution in [2.24, 2.45) is 7.05 Å². The molecule has 5 nitrogen and oxygen atoms in total. The van der Waals surface area contributed by atoms with Gasteiger partial charge in [-0.15, -0.1) is 0 Å². The molecule has 0 aliphatic carbocycles. The molecular weight excluding hydrogens is 324 g/mol. The molecule has 1 amide bonds. The van der Waals surface area contributed by atoms with Crippen molar-refractivity contribution in [1.82, 2.24) is 19.4 Å². The van der Waals surface area contributed by atoms with E-state index in [0.29, 0.717) is 12.3 Å². The summed E-state index contributed by atoms with van der Waals surface area (Å²) in [6.45, 7) is 1.59. The van der Waals surface area contributed by atoms with Gasteiger partial charge in [0, 0.05) is 38.7 Å². The Balaban J connectivity index is 1.35. The van der Waals surface area contributed by atoms with Crippen molar-refractivity contribution < 1.29 is 4.79 Å². The minimum absolute atomic E-state index is 0.264. The Morgan fingerprint density at radius 1 is 1.19 bits per heavy atom. The van der Waals surface area contributed by atoms with Crippen LogP contribution in [0.25, 0.3) is 11.2 Å².